The second kappa shape index (κ2) is 5.33. The van der Waals surface area contributed by atoms with Crippen LogP contribution in [0.5, 0.6) is 0 Å². The SMILES string of the molecule is Cc1ccccc1CN1CCC(C(=O)NC2CC2)C1. The molecule has 102 valence electrons. The van der Waals surface area contributed by atoms with E-state index in [4.69, 9.17) is 0 Å². The van der Waals surface area contributed by atoms with Crippen molar-refractivity contribution >= 4 is 5.91 Å². The lowest BCUT2D eigenvalue weighted by Gasteiger charge is -2.17. The number of benzene rings is 1. The largest absolute Gasteiger partial charge is 0.353 e. The highest BCUT2D eigenvalue weighted by molar-refractivity contribution is 5.79. The van der Waals surface area contributed by atoms with Gasteiger partial charge in [0.25, 0.3) is 0 Å². The standard InChI is InChI=1S/C16H22N2O/c1-12-4-2-3-5-13(12)10-18-9-8-14(11-18)16(19)17-15-6-7-15/h2-5,14-15H,6-11H2,1H3,(H,17,19). The van der Waals surface area contributed by atoms with Gasteiger partial charge in [0.2, 0.25) is 5.91 Å². The maximum atomic E-state index is 12.0. The highest BCUT2D eigenvalue weighted by atomic mass is 16.2. The summed E-state index contributed by atoms with van der Waals surface area (Å²) in [7, 11) is 0. The second-order valence-electron chi connectivity index (χ2n) is 5.93. The number of nitrogens with zero attached hydrogens (tertiary/aromatic N) is 1. The molecule has 1 N–H and O–H groups in total. The van der Waals surface area contributed by atoms with Crippen LogP contribution in [0.3, 0.4) is 0 Å². The zero-order valence-corrected chi connectivity index (χ0v) is 11.6. The molecule has 1 amide bonds. The van der Waals surface area contributed by atoms with Crippen molar-refractivity contribution in [2.45, 2.75) is 38.8 Å². The molecule has 1 saturated heterocycles. The average Bonchev–Trinajstić information content (AvgIpc) is 3.08. The molecule has 0 spiro atoms. The van der Waals surface area contributed by atoms with E-state index in [1.165, 1.54) is 24.0 Å². The third-order valence-electron chi connectivity index (χ3n) is 4.22. The van der Waals surface area contributed by atoms with E-state index in [2.05, 4.69) is 41.4 Å². The Morgan fingerprint density at radius 2 is 2.11 bits per heavy atom. The van der Waals surface area contributed by atoms with Crippen molar-refractivity contribution in [1.82, 2.24) is 10.2 Å². The number of aryl methyl sites for hydroxylation is 1. The quantitative estimate of drug-likeness (QED) is 0.897. The lowest BCUT2D eigenvalue weighted by molar-refractivity contribution is -0.124. The summed E-state index contributed by atoms with van der Waals surface area (Å²) in [6, 6.07) is 9.00. The highest BCUT2D eigenvalue weighted by Crippen LogP contribution is 2.23. The van der Waals surface area contributed by atoms with Gasteiger partial charge in [0.1, 0.15) is 0 Å². The summed E-state index contributed by atoms with van der Waals surface area (Å²) < 4.78 is 0. The third kappa shape index (κ3) is 3.16. The van der Waals surface area contributed by atoms with Crippen LogP contribution in [0.4, 0.5) is 0 Å². The molecule has 1 heterocycles. The number of rotatable bonds is 4. The fourth-order valence-electron chi connectivity index (χ4n) is 2.77. The summed E-state index contributed by atoms with van der Waals surface area (Å²) in [6.45, 7) is 5.08. The summed E-state index contributed by atoms with van der Waals surface area (Å²) in [4.78, 5) is 14.4. The van der Waals surface area contributed by atoms with Crippen LogP contribution in [0.25, 0.3) is 0 Å². The Balaban J connectivity index is 1.54. The van der Waals surface area contributed by atoms with E-state index in [0.29, 0.717) is 6.04 Å². The van der Waals surface area contributed by atoms with Crippen molar-refractivity contribution in [3.63, 3.8) is 0 Å². The van der Waals surface area contributed by atoms with Crippen LogP contribution in [0.15, 0.2) is 24.3 Å². The number of hydrogen-bond acceptors (Lipinski definition) is 2. The smallest absolute Gasteiger partial charge is 0.224 e. The predicted molar refractivity (Wildman–Crippen MR) is 75.7 cm³/mol. The lowest BCUT2D eigenvalue weighted by Crippen LogP contribution is -2.34. The molecule has 1 saturated carbocycles. The molecule has 0 bridgehead atoms. The van der Waals surface area contributed by atoms with E-state index in [1.54, 1.807) is 0 Å². The zero-order chi connectivity index (χ0) is 13.2. The molecule has 1 aliphatic carbocycles. The van der Waals surface area contributed by atoms with E-state index in [0.717, 1.165) is 26.1 Å². The minimum atomic E-state index is 0.199. The van der Waals surface area contributed by atoms with Gasteiger partial charge in [-0.2, -0.15) is 0 Å². The molecule has 1 unspecified atom stereocenters. The van der Waals surface area contributed by atoms with Crippen LogP contribution >= 0.6 is 0 Å². The number of amides is 1. The van der Waals surface area contributed by atoms with Crippen LogP contribution in [0.1, 0.15) is 30.4 Å². The van der Waals surface area contributed by atoms with Crippen molar-refractivity contribution < 1.29 is 4.79 Å². The predicted octanol–water partition coefficient (Wildman–Crippen LogP) is 2.10. The fraction of sp³-hybridized carbons (Fsp3) is 0.562. The first-order valence-electron chi connectivity index (χ1n) is 7.29. The normalized spacial score (nSPS) is 23.5. The van der Waals surface area contributed by atoms with Gasteiger partial charge in [-0.1, -0.05) is 24.3 Å². The first-order chi connectivity index (χ1) is 9.22. The molecule has 3 rings (SSSR count). The number of likely N-dealkylation sites (tertiary alicyclic amines) is 1. The van der Waals surface area contributed by atoms with Gasteiger partial charge < -0.3 is 5.32 Å². The molecule has 1 aliphatic heterocycles. The van der Waals surface area contributed by atoms with E-state index in [1.807, 2.05) is 0 Å². The summed E-state index contributed by atoms with van der Waals surface area (Å²) in [5, 5.41) is 3.13. The molecule has 3 heteroatoms. The minimum Gasteiger partial charge on any atom is -0.353 e. The molecule has 0 aromatic heterocycles. The molecule has 2 fully saturated rings. The molecular formula is C16H22N2O. The highest BCUT2D eigenvalue weighted by Gasteiger charge is 2.31. The van der Waals surface area contributed by atoms with E-state index >= 15 is 0 Å². The number of hydrogen-bond donors (Lipinski definition) is 1. The van der Waals surface area contributed by atoms with Gasteiger partial charge in [0.05, 0.1) is 5.92 Å². The Morgan fingerprint density at radius 1 is 1.32 bits per heavy atom. The van der Waals surface area contributed by atoms with Crippen LogP contribution in [0, 0.1) is 12.8 Å². The average molecular weight is 258 g/mol. The van der Waals surface area contributed by atoms with E-state index in [9.17, 15) is 4.79 Å². The van der Waals surface area contributed by atoms with Crippen LogP contribution < -0.4 is 5.32 Å². The van der Waals surface area contributed by atoms with Gasteiger partial charge in [-0.3, -0.25) is 9.69 Å². The Morgan fingerprint density at radius 3 is 2.84 bits per heavy atom. The molecule has 19 heavy (non-hydrogen) atoms. The maximum Gasteiger partial charge on any atom is 0.224 e. The van der Waals surface area contributed by atoms with Gasteiger partial charge in [0, 0.05) is 19.1 Å². The second-order valence-corrected chi connectivity index (χ2v) is 5.93. The first kappa shape index (κ1) is 12.7. The summed E-state index contributed by atoms with van der Waals surface area (Å²) in [5.41, 5.74) is 2.72. The Kier molecular flexibility index (Phi) is 3.56. The van der Waals surface area contributed by atoms with E-state index in [-0.39, 0.29) is 11.8 Å². The topological polar surface area (TPSA) is 32.3 Å². The summed E-state index contributed by atoms with van der Waals surface area (Å²) in [5.74, 6) is 0.472. The van der Waals surface area contributed by atoms with Crippen LogP contribution in [0.2, 0.25) is 0 Å². The third-order valence-corrected chi connectivity index (χ3v) is 4.22. The number of nitrogens with one attached hydrogen (secondary N) is 1. The summed E-state index contributed by atoms with van der Waals surface area (Å²) in [6.07, 6.45) is 3.35. The molecule has 1 aromatic rings. The Labute approximate surface area is 115 Å². The summed E-state index contributed by atoms with van der Waals surface area (Å²) >= 11 is 0. The maximum absolute atomic E-state index is 12.0. The minimum absolute atomic E-state index is 0.199. The number of carbonyl (C=O) groups is 1. The van der Waals surface area contributed by atoms with Crippen LogP contribution in [-0.4, -0.2) is 29.9 Å². The lowest BCUT2D eigenvalue weighted by atomic mass is 10.1. The molecule has 1 atom stereocenters. The molecule has 0 radical (unpaired) electrons. The van der Waals surface area contributed by atoms with Crippen molar-refractivity contribution in [2.24, 2.45) is 5.92 Å². The van der Waals surface area contributed by atoms with Crippen molar-refractivity contribution in [3.8, 4) is 0 Å². The Bertz CT molecular complexity index is 468. The van der Waals surface area contributed by atoms with Crippen molar-refractivity contribution in [2.75, 3.05) is 13.1 Å². The zero-order valence-electron chi connectivity index (χ0n) is 11.6. The first-order valence-corrected chi connectivity index (χ1v) is 7.29. The fourth-order valence-corrected chi connectivity index (χ4v) is 2.77. The van der Waals surface area contributed by atoms with Gasteiger partial charge in [-0.25, -0.2) is 0 Å². The van der Waals surface area contributed by atoms with Crippen molar-refractivity contribution in [3.05, 3.63) is 35.4 Å². The Hall–Kier alpha value is -1.35. The van der Waals surface area contributed by atoms with Gasteiger partial charge in [-0.05, 0) is 43.9 Å². The van der Waals surface area contributed by atoms with Gasteiger partial charge >= 0.3 is 0 Å². The van der Waals surface area contributed by atoms with Crippen LogP contribution in [-0.2, 0) is 11.3 Å². The molecule has 2 aliphatic rings. The molecule has 3 nitrogen and oxygen atoms in total. The molecular weight excluding hydrogens is 236 g/mol. The number of carbonyl (C=O) groups excluding carboxylic acids is 1. The van der Waals surface area contributed by atoms with Crippen molar-refractivity contribution in [1.29, 1.82) is 0 Å². The van der Waals surface area contributed by atoms with E-state index < -0.39 is 0 Å². The van der Waals surface area contributed by atoms with Gasteiger partial charge in [0.15, 0.2) is 0 Å². The monoisotopic (exact) mass is 258 g/mol. The molecule has 1 aromatic carbocycles. The van der Waals surface area contributed by atoms with Gasteiger partial charge in [-0.15, -0.1) is 0 Å².